The Hall–Kier alpha value is -1.56. The van der Waals surface area contributed by atoms with Crippen LogP contribution in [0.1, 0.15) is 26.6 Å². The standard InChI is InChI=1S/C14H27N5O/c1-6-20-14-12(15)13(16-7-8-19(4)5)17-11(18-14)9-10(2)3/h10H,6-9,15H2,1-5H3,(H,16,17,18). The van der Waals surface area contributed by atoms with Crippen molar-refractivity contribution in [2.75, 3.05) is 44.8 Å². The van der Waals surface area contributed by atoms with E-state index in [0.29, 0.717) is 29.9 Å². The fraction of sp³-hybridized carbons (Fsp3) is 0.714. The Kier molecular flexibility index (Phi) is 6.51. The molecule has 0 bridgehead atoms. The Bertz CT molecular complexity index is 420. The number of hydrogen-bond acceptors (Lipinski definition) is 6. The van der Waals surface area contributed by atoms with Gasteiger partial charge >= 0.3 is 0 Å². The van der Waals surface area contributed by atoms with Gasteiger partial charge in [-0.05, 0) is 26.9 Å². The number of rotatable bonds is 8. The summed E-state index contributed by atoms with van der Waals surface area (Å²) in [5, 5.41) is 3.26. The number of hydrogen-bond donors (Lipinski definition) is 2. The molecular weight excluding hydrogens is 254 g/mol. The molecule has 0 aliphatic rings. The average molecular weight is 281 g/mol. The SMILES string of the molecule is CCOc1nc(CC(C)C)nc(NCCN(C)C)c1N. The van der Waals surface area contributed by atoms with Crippen LogP contribution in [0.4, 0.5) is 11.5 Å². The lowest BCUT2D eigenvalue weighted by Crippen LogP contribution is -2.22. The molecule has 114 valence electrons. The predicted molar refractivity (Wildman–Crippen MR) is 83.2 cm³/mol. The summed E-state index contributed by atoms with van der Waals surface area (Å²) in [4.78, 5) is 11.0. The van der Waals surface area contributed by atoms with Crippen molar-refractivity contribution in [2.45, 2.75) is 27.2 Å². The van der Waals surface area contributed by atoms with E-state index in [-0.39, 0.29) is 0 Å². The third kappa shape index (κ3) is 5.21. The van der Waals surface area contributed by atoms with Gasteiger partial charge in [0.15, 0.2) is 5.82 Å². The van der Waals surface area contributed by atoms with E-state index in [1.165, 1.54) is 0 Å². The molecule has 6 nitrogen and oxygen atoms in total. The molecule has 6 heteroatoms. The maximum atomic E-state index is 6.06. The zero-order valence-corrected chi connectivity index (χ0v) is 13.2. The van der Waals surface area contributed by atoms with Crippen LogP contribution in [0.15, 0.2) is 0 Å². The fourth-order valence-electron chi connectivity index (χ4n) is 1.73. The lowest BCUT2D eigenvalue weighted by atomic mass is 10.1. The maximum absolute atomic E-state index is 6.06. The van der Waals surface area contributed by atoms with Crippen molar-refractivity contribution in [3.8, 4) is 5.88 Å². The van der Waals surface area contributed by atoms with Crippen LogP contribution in [-0.2, 0) is 6.42 Å². The van der Waals surface area contributed by atoms with Crippen LogP contribution in [0.2, 0.25) is 0 Å². The van der Waals surface area contributed by atoms with Crippen molar-refractivity contribution in [2.24, 2.45) is 5.92 Å². The van der Waals surface area contributed by atoms with Crippen molar-refractivity contribution in [3.05, 3.63) is 5.82 Å². The normalized spacial score (nSPS) is 11.2. The van der Waals surface area contributed by atoms with Gasteiger partial charge in [0.2, 0.25) is 5.88 Å². The number of nitrogens with two attached hydrogens (primary N) is 1. The molecule has 0 amide bonds. The van der Waals surface area contributed by atoms with Crippen LogP contribution in [0.25, 0.3) is 0 Å². The molecule has 0 fully saturated rings. The molecule has 1 aromatic heterocycles. The van der Waals surface area contributed by atoms with Gasteiger partial charge in [0.1, 0.15) is 11.5 Å². The van der Waals surface area contributed by atoms with Gasteiger partial charge in [0, 0.05) is 19.5 Å². The zero-order valence-electron chi connectivity index (χ0n) is 13.2. The van der Waals surface area contributed by atoms with E-state index < -0.39 is 0 Å². The van der Waals surface area contributed by atoms with Crippen molar-refractivity contribution in [3.63, 3.8) is 0 Å². The first-order chi connectivity index (χ1) is 9.43. The van der Waals surface area contributed by atoms with Gasteiger partial charge in [-0.15, -0.1) is 0 Å². The summed E-state index contributed by atoms with van der Waals surface area (Å²) in [5.74, 6) is 2.40. The maximum Gasteiger partial charge on any atom is 0.242 e. The molecular formula is C14H27N5O. The molecule has 0 aliphatic carbocycles. The monoisotopic (exact) mass is 281 g/mol. The van der Waals surface area contributed by atoms with Gasteiger partial charge in [0.25, 0.3) is 0 Å². The van der Waals surface area contributed by atoms with Crippen LogP contribution in [-0.4, -0.2) is 48.7 Å². The Morgan fingerprint density at radius 3 is 2.55 bits per heavy atom. The average Bonchev–Trinajstić information content (AvgIpc) is 2.33. The molecule has 0 aliphatic heterocycles. The summed E-state index contributed by atoms with van der Waals surface area (Å²) in [6.07, 6.45) is 0.808. The second-order valence-corrected chi connectivity index (χ2v) is 5.47. The molecule has 0 atom stereocenters. The van der Waals surface area contributed by atoms with Crippen LogP contribution in [0.5, 0.6) is 5.88 Å². The van der Waals surface area contributed by atoms with Gasteiger partial charge in [-0.25, -0.2) is 4.98 Å². The predicted octanol–water partition coefficient (Wildman–Crippen LogP) is 1.63. The molecule has 0 unspecified atom stereocenters. The summed E-state index contributed by atoms with van der Waals surface area (Å²) in [6.45, 7) is 8.43. The van der Waals surface area contributed by atoms with E-state index in [4.69, 9.17) is 10.5 Å². The van der Waals surface area contributed by atoms with Gasteiger partial charge in [-0.1, -0.05) is 13.8 Å². The topological polar surface area (TPSA) is 76.3 Å². The highest BCUT2D eigenvalue weighted by Gasteiger charge is 2.13. The van der Waals surface area contributed by atoms with Gasteiger partial charge in [-0.2, -0.15) is 4.98 Å². The minimum atomic E-state index is 0.477. The van der Waals surface area contributed by atoms with E-state index in [2.05, 4.69) is 34.0 Å². The van der Waals surface area contributed by atoms with Crippen LogP contribution < -0.4 is 15.8 Å². The molecule has 0 saturated heterocycles. The second-order valence-electron chi connectivity index (χ2n) is 5.47. The van der Waals surface area contributed by atoms with Gasteiger partial charge in [0.05, 0.1) is 6.61 Å². The Morgan fingerprint density at radius 1 is 1.30 bits per heavy atom. The van der Waals surface area contributed by atoms with Gasteiger partial charge < -0.3 is 20.7 Å². The molecule has 3 N–H and O–H groups in total. The van der Waals surface area contributed by atoms with Crippen molar-refractivity contribution in [1.82, 2.24) is 14.9 Å². The highest BCUT2D eigenvalue weighted by atomic mass is 16.5. The summed E-state index contributed by atoms with van der Waals surface area (Å²) in [5.41, 5.74) is 6.54. The Labute approximate surface area is 121 Å². The number of likely N-dealkylation sites (N-methyl/N-ethyl adjacent to an activating group) is 1. The lowest BCUT2D eigenvalue weighted by molar-refractivity contribution is 0.326. The highest BCUT2D eigenvalue weighted by molar-refractivity contribution is 5.66. The Morgan fingerprint density at radius 2 is 2.00 bits per heavy atom. The van der Waals surface area contributed by atoms with Crippen molar-refractivity contribution in [1.29, 1.82) is 0 Å². The number of aromatic nitrogens is 2. The summed E-state index contributed by atoms with van der Waals surface area (Å²) >= 11 is 0. The molecule has 1 heterocycles. The van der Waals surface area contributed by atoms with Crippen LogP contribution in [0.3, 0.4) is 0 Å². The third-order valence-corrected chi connectivity index (χ3v) is 2.68. The van der Waals surface area contributed by atoms with E-state index in [9.17, 15) is 0 Å². The van der Waals surface area contributed by atoms with Crippen molar-refractivity contribution < 1.29 is 4.74 Å². The minimum absolute atomic E-state index is 0.477. The molecule has 20 heavy (non-hydrogen) atoms. The fourth-order valence-corrected chi connectivity index (χ4v) is 1.73. The molecule has 0 spiro atoms. The first-order valence-electron chi connectivity index (χ1n) is 7.11. The number of nitrogens with zero attached hydrogens (tertiary/aromatic N) is 3. The first kappa shape index (κ1) is 16.5. The molecule has 0 aromatic carbocycles. The molecule has 0 radical (unpaired) electrons. The van der Waals surface area contributed by atoms with E-state index in [1.54, 1.807) is 0 Å². The minimum Gasteiger partial charge on any atom is -0.476 e. The number of ether oxygens (including phenoxy) is 1. The number of nitrogens with one attached hydrogen (secondary N) is 1. The number of anilines is 2. The van der Waals surface area contributed by atoms with Crippen molar-refractivity contribution >= 4 is 11.5 Å². The molecule has 0 saturated carbocycles. The van der Waals surface area contributed by atoms with Gasteiger partial charge in [-0.3, -0.25) is 0 Å². The largest absolute Gasteiger partial charge is 0.476 e. The van der Waals surface area contributed by atoms with Crippen LogP contribution in [0, 0.1) is 5.92 Å². The summed E-state index contributed by atoms with van der Waals surface area (Å²) in [6, 6.07) is 0. The smallest absolute Gasteiger partial charge is 0.242 e. The first-order valence-corrected chi connectivity index (χ1v) is 7.11. The summed E-state index contributed by atoms with van der Waals surface area (Å²) in [7, 11) is 4.06. The number of nitrogen functional groups attached to an aromatic ring is 1. The summed E-state index contributed by atoms with van der Waals surface area (Å²) < 4.78 is 5.50. The highest BCUT2D eigenvalue weighted by Crippen LogP contribution is 2.26. The quantitative estimate of drug-likeness (QED) is 0.754. The second kappa shape index (κ2) is 7.89. The lowest BCUT2D eigenvalue weighted by Gasteiger charge is -2.15. The van der Waals surface area contributed by atoms with E-state index in [1.807, 2.05) is 21.0 Å². The third-order valence-electron chi connectivity index (χ3n) is 2.68. The molecule has 1 rings (SSSR count). The zero-order chi connectivity index (χ0) is 15.1. The molecule has 1 aromatic rings. The van der Waals surface area contributed by atoms with E-state index in [0.717, 1.165) is 25.3 Å². The van der Waals surface area contributed by atoms with Crippen LogP contribution >= 0.6 is 0 Å². The van der Waals surface area contributed by atoms with E-state index >= 15 is 0 Å². The Balaban J connectivity index is 2.91.